The van der Waals surface area contributed by atoms with Crippen molar-refractivity contribution >= 4 is 5.78 Å². The Labute approximate surface area is 62.0 Å². The van der Waals surface area contributed by atoms with E-state index >= 15 is 0 Å². The molecule has 0 aromatic carbocycles. The number of Topliss-reactive ketones (excluding diaryl/α,β-unsaturated/α-hetero) is 1. The Morgan fingerprint density at radius 2 is 2.30 bits per heavy atom. The van der Waals surface area contributed by atoms with Crippen LogP contribution in [0.15, 0.2) is 0 Å². The van der Waals surface area contributed by atoms with Gasteiger partial charge < -0.3 is 5.32 Å². The molecule has 58 valence electrons. The molecule has 0 aromatic rings. The average molecular weight is 141 g/mol. The van der Waals surface area contributed by atoms with Crippen LogP contribution in [0, 0.1) is 11.8 Å². The lowest BCUT2D eigenvalue weighted by Crippen LogP contribution is -2.21. The SMILES string of the molecule is CC(C)C(=O)[C@@H]1CCNC1. The van der Waals surface area contributed by atoms with E-state index in [1.807, 2.05) is 13.8 Å². The van der Waals surface area contributed by atoms with Gasteiger partial charge in [0, 0.05) is 18.4 Å². The highest BCUT2D eigenvalue weighted by atomic mass is 16.1. The standard InChI is InChI=1S/C8H15NO/c1-6(2)8(10)7-3-4-9-5-7/h6-7,9H,3-5H2,1-2H3/t7-/m1/s1. The first kappa shape index (κ1) is 7.73. The molecule has 1 fully saturated rings. The molecule has 1 aliphatic heterocycles. The van der Waals surface area contributed by atoms with Gasteiger partial charge in [0.1, 0.15) is 5.78 Å². The van der Waals surface area contributed by atoms with Gasteiger partial charge >= 0.3 is 0 Å². The zero-order chi connectivity index (χ0) is 7.56. The maximum absolute atomic E-state index is 11.3. The molecule has 1 rings (SSSR count). The summed E-state index contributed by atoms with van der Waals surface area (Å²) in [4.78, 5) is 11.3. The van der Waals surface area contributed by atoms with Crippen LogP contribution in [0.5, 0.6) is 0 Å². The molecule has 0 bridgehead atoms. The number of hydrogen-bond acceptors (Lipinski definition) is 2. The van der Waals surface area contributed by atoms with Crippen molar-refractivity contribution in [3.05, 3.63) is 0 Å². The van der Waals surface area contributed by atoms with E-state index in [9.17, 15) is 4.79 Å². The summed E-state index contributed by atoms with van der Waals surface area (Å²) < 4.78 is 0. The topological polar surface area (TPSA) is 29.1 Å². The highest BCUT2D eigenvalue weighted by molar-refractivity contribution is 5.83. The van der Waals surface area contributed by atoms with Crippen molar-refractivity contribution in [1.29, 1.82) is 0 Å². The largest absolute Gasteiger partial charge is 0.316 e. The van der Waals surface area contributed by atoms with Gasteiger partial charge in [-0.2, -0.15) is 0 Å². The second-order valence-electron chi connectivity index (χ2n) is 3.25. The molecule has 0 aromatic heterocycles. The summed E-state index contributed by atoms with van der Waals surface area (Å²) in [6.07, 6.45) is 1.04. The Morgan fingerprint density at radius 3 is 2.70 bits per heavy atom. The van der Waals surface area contributed by atoms with Crippen LogP contribution >= 0.6 is 0 Å². The van der Waals surface area contributed by atoms with E-state index in [-0.39, 0.29) is 5.92 Å². The lowest BCUT2D eigenvalue weighted by molar-refractivity contribution is -0.125. The van der Waals surface area contributed by atoms with Crippen LogP contribution in [-0.2, 0) is 4.79 Å². The normalized spacial score (nSPS) is 25.7. The van der Waals surface area contributed by atoms with Gasteiger partial charge in [-0.25, -0.2) is 0 Å². The predicted octanol–water partition coefficient (Wildman–Crippen LogP) is 0.821. The Hall–Kier alpha value is -0.370. The molecule has 0 radical (unpaired) electrons. The third-order valence-corrected chi connectivity index (χ3v) is 2.03. The zero-order valence-corrected chi connectivity index (χ0v) is 6.68. The Balaban J connectivity index is 2.40. The summed E-state index contributed by atoms with van der Waals surface area (Å²) in [6.45, 7) is 5.86. The number of hydrogen-bond donors (Lipinski definition) is 1. The maximum Gasteiger partial charge on any atom is 0.139 e. The van der Waals surface area contributed by atoms with Crippen LogP contribution in [0.2, 0.25) is 0 Å². The van der Waals surface area contributed by atoms with Crippen molar-refractivity contribution in [1.82, 2.24) is 5.32 Å². The van der Waals surface area contributed by atoms with Crippen LogP contribution in [0.1, 0.15) is 20.3 Å². The van der Waals surface area contributed by atoms with Gasteiger partial charge in [-0.15, -0.1) is 0 Å². The fraction of sp³-hybridized carbons (Fsp3) is 0.875. The molecule has 0 aliphatic carbocycles. The molecule has 1 heterocycles. The molecule has 1 atom stereocenters. The van der Waals surface area contributed by atoms with Gasteiger partial charge in [0.25, 0.3) is 0 Å². The lowest BCUT2D eigenvalue weighted by atomic mass is 9.95. The minimum atomic E-state index is 0.213. The van der Waals surface area contributed by atoms with E-state index in [2.05, 4.69) is 5.32 Å². The van der Waals surface area contributed by atoms with E-state index < -0.39 is 0 Å². The fourth-order valence-corrected chi connectivity index (χ4v) is 1.37. The second kappa shape index (κ2) is 3.15. The molecule has 10 heavy (non-hydrogen) atoms. The van der Waals surface area contributed by atoms with E-state index in [0.717, 1.165) is 19.5 Å². The lowest BCUT2D eigenvalue weighted by Gasteiger charge is -2.08. The number of carbonyl (C=O) groups is 1. The minimum Gasteiger partial charge on any atom is -0.316 e. The first-order valence-corrected chi connectivity index (χ1v) is 3.96. The minimum absolute atomic E-state index is 0.213. The van der Waals surface area contributed by atoms with Gasteiger partial charge in [0.15, 0.2) is 0 Å². The summed E-state index contributed by atoms with van der Waals surface area (Å²) in [5, 5.41) is 3.19. The summed E-state index contributed by atoms with van der Waals surface area (Å²) >= 11 is 0. The van der Waals surface area contributed by atoms with E-state index in [1.54, 1.807) is 0 Å². The van der Waals surface area contributed by atoms with Crippen LogP contribution in [0.4, 0.5) is 0 Å². The molecule has 2 nitrogen and oxygen atoms in total. The first-order valence-electron chi connectivity index (χ1n) is 3.96. The van der Waals surface area contributed by atoms with E-state index in [0.29, 0.717) is 11.7 Å². The summed E-state index contributed by atoms with van der Waals surface area (Å²) in [6, 6.07) is 0. The van der Waals surface area contributed by atoms with E-state index in [4.69, 9.17) is 0 Å². The summed E-state index contributed by atoms with van der Waals surface area (Å²) in [5.74, 6) is 0.940. The second-order valence-corrected chi connectivity index (χ2v) is 3.25. The van der Waals surface area contributed by atoms with Crippen molar-refractivity contribution < 1.29 is 4.79 Å². The van der Waals surface area contributed by atoms with Gasteiger partial charge in [-0.1, -0.05) is 13.8 Å². The number of nitrogens with one attached hydrogen (secondary N) is 1. The van der Waals surface area contributed by atoms with Crippen molar-refractivity contribution in [2.45, 2.75) is 20.3 Å². The molecule has 0 spiro atoms. The third-order valence-electron chi connectivity index (χ3n) is 2.03. The molecular formula is C8H15NO. The Morgan fingerprint density at radius 1 is 1.60 bits per heavy atom. The molecule has 0 saturated carbocycles. The molecule has 2 heteroatoms. The molecule has 0 amide bonds. The van der Waals surface area contributed by atoms with Crippen molar-refractivity contribution in [2.75, 3.05) is 13.1 Å². The number of carbonyl (C=O) groups excluding carboxylic acids is 1. The third kappa shape index (κ3) is 1.57. The quantitative estimate of drug-likeness (QED) is 0.617. The fourth-order valence-electron chi connectivity index (χ4n) is 1.37. The first-order chi connectivity index (χ1) is 4.72. The smallest absolute Gasteiger partial charge is 0.139 e. The van der Waals surface area contributed by atoms with Gasteiger partial charge in [-0.05, 0) is 13.0 Å². The van der Waals surface area contributed by atoms with Crippen LogP contribution in [-0.4, -0.2) is 18.9 Å². The number of ketones is 1. The van der Waals surface area contributed by atoms with E-state index in [1.165, 1.54) is 0 Å². The van der Waals surface area contributed by atoms with Gasteiger partial charge in [0.2, 0.25) is 0 Å². The summed E-state index contributed by atoms with van der Waals surface area (Å²) in [7, 11) is 0. The maximum atomic E-state index is 11.3. The predicted molar refractivity (Wildman–Crippen MR) is 40.8 cm³/mol. The van der Waals surface area contributed by atoms with Crippen molar-refractivity contribution in [2.24, 2.45) is 11.8 Å². The molecular weight excluding hydrogens is 126 g/mol. The Bertz CT molecular complexity index is 125. The molecule has 1 saturated heterocycles. The van der Waals surface area contributed by atoms with Gasteiger partial charge in [-0.3, -0.25) is 4.79 Å². The van der Waals surface area contributed by atoms with Crippen LogP contribution in [0.3, 0.4) is 0 Å². The average Bonchev–Trinajstić information content (AvgIpc) is 2.36. The number of rotatable bonds is 2. The van der Waals surface area contributed by atoms with Gasteiger partial charge in [0.05, 0.1) is 0 Å². The summed E-state index contributed by atoms with van der Waals surface area (Å²) in [5.41, 5.74) is 0. The zero-order valence-electron chi connectivity index (χ0n) is 6.68. The highest BCUT2D eigenvalue weighted by Gasteiger charge is 2.23. The monoisotopic (exact) mass is 141 g/mol. The van der Waals surface area contributed by atoms with Crippen LogP contribution < -0.4 is 5.32 Å². The highest BCUT2D eigenvalue weighted by Crippen LogP contribution is 2.13. The van der Waals surface area contributed by atoms with Crippen molar-refractivity contribution in [3.8, 4) is 0 Å². The van der Waals surface area contributed by atoms with Crippen molar-refractivity contribution in [3.63, 3.8) is 0 Å². The Kier molecular flexibility index (Phi) is 2.44. The molecule has 1 N–H and O–H groups in total. The van der Waals surface area contributed by atoms with Crippen LogP contribution in [0.25, 0.3) is 0 Å². The molecule has 1 aliphatic rings. The molecule has 0 unspecified atom stereocenters.